The first-order chi connectivity index (χ1) is 9.60. The maximum atomic E-state index is 5.98. The number of methoxy groups -OCH3 is 1. The van der Waals surface area contributed by atoms with Crippen molar-refractivity contribution >= 4 is 0 Å². The van der Waals surface area contributed by atoms with Gasteiger partial charge in [0, 0.05) is 30.8 Å². The zero-order valence-corrected chi connectivity index (χ0v) is 12.5. The molecule has 1 aromatic carbocycles. The van der Waals surface area contributed by atoms with Gasteiger partial charge in [-0.1, -0.05) is 6.07 Å². The molecular formula is C15H24N2O3. The summed E-state index contributed by atoms with van der Waals surface area (Å²) in [5.74, 6) is 1.54. The highest BCUT2D eigenvalue weighted by atomic mass is 16.5. The molecule has 1 fully saturated rings. The molecule has 1 aromatic rings. The Morgan fingerprint density at radius 3 is 2.95 bits per heavy atom. The molecule has 5 nitrogen and oxygen atoms in total. The van der Waals surface area contributed by atoms with Gasteiger partial charge in [0.1, 0.15) is 24.2 Å². The van der Waals surface area contributed by atoms with Gasteiger partial charge in [0.2, 0.25) is 0 Å². The maximum absolute atomic E-state index is 5.98. The molecule has 1 heterocycles. The average molecular weight is 280 g/mol. The molecule has 112 valence electrons. The quantitative estimate of drug-likeness (QED) is 0.884. The van der Waals surface area contributed by atoms with Crippen LogP contribution in [0.3, 0.4) is 0 Å². The number of nitrogens with two attached hydrogens (primary N) is 1. The van der Waals surface area contributed by atoms with Crippen LogP contribution >= 0.6 is 0 Å². The Bertz CT molecular complexity index is 437. The van der Waals surface area contributed by atoms with Crippen LogP contribution in [0.15, 0.2) is 18.2 Å². The van der Waals surface area contributed by atoms with Crippen molar-refractivity contribution < 1.29 is 14.2 Å². The molecule has 1 aliphatic rings. The second-order valence-corrected chi connectivity index (χ2v) is 5.26. The van der Waals surface area contributed by atoms with E-state index in [1.54, 1.807) is 7.11 Å². The zero-order chi connectivity index (χ0) is 14.5. The van der Waals surface area contributed by atoms with Crippen LogP contribution in [0.5, 0.6) is 11.5 Å². The third-order valence-corrected chi connectivity index (χ3v) is 3.48. The molecule has 0 aromatic heterocycles. The number of rotatable bonds is 5. The molecule has 2 unspecified atom stereocenters. The summed E-state index contributed by atoms with van der Waals surface area (Å²) in [5, 5.41) is 0. The zero-order valence-electron chi connectivity index (χ0n) is 12.5. The van der Waals surface area contributed by atoms with E-state index in [-0.39, 0.29) is 12.1 Å². The highest BCUT2D eigenvalue weighted by Crippen LogP contribution is 2.28. The first kappa shape index (κ1) is 15.1. The summed E-state index contributed by atoms with van der Waals surface area (Å²) < 4.78 is 16.9. The summed E-state index contributed by atoms with van der Waals surface area (Å²) in [6, 6.07) is 5.65. The Balaban J connectivity index is 2.03. The molecule has 5 heteroatoms. The van der Waals surface area contributed by atoms with Crippen molar-refractivity contribution in [3.05, 3.63) is 23.8 Å². The monoisotopic (exact) mass is 280 g/mol. The van der Waals surface area contributed by atoms with E-state index in [1.165, 1.54) is 0 Å². The van der Waals surface area contributed by atoms with Crippen LogP contribution in [-0.2, 0) is 4.74 Å². The number of ether oxygens (including phenoxy) is 3. The van der Waals surface area contributed by atoms with Crippen LogP contribution in [-0.4, -0.2) is 51.5 Å². The van der Waals surface area contributed by atoms with Crippen molar-refractivity contribution in [1.82, 2.24) is 4.90 Å². The van der Waals surface area contributed by atoms with Crippen molar-refractivity contribution in [2.24, 2.45) is 5.73 Å². The molecule has 0 saturated carbocycles. The van der Waals surface area contributed by atoms with Crippen LogP contribution in [0.25, 0.3) is 0 Å². The lowest BCUT2D eigenvalue weighted by atomic mass is 10.1. The summed E-state index contributed by atoms with van der Waals surface area (Å²) >= 11 is 0. The van der Waals surface area contributed by atoms with Gasteiger partial charge in [-0.25, -0.2) is 0 Å². The van der Waals surface area contributed by atoms with Gasteiger partial charge >= 0.3 is 0 Å². The smallest absolute Gasteiger partial charge is 0.127 e. The van der Waals surface area contributed by atoms with Crippen molar-refractivity contribution in [2.45, 2.75) is 19.1 Å². The standard InChI is InChI=1S/C15H24N2O3/c1-11(16)14-5-4-12(18-3)8-15(14)20-10-13-9-17(2)6-7-19-13/h4-5,8,11,13H,6-7,9-10,16H2,1-3H3. The first-order valence-electron chi connectivity index (χ1n) is 6.96. The molecule has 2 N–H and O–H groups in total. The normalized spacial score (nSPS) is 21.5. The fraction of sp³-hybridized carbons (Fsp3) is 0.600. The second kappa shape index (κ2) is 6.92. The lowest BCUT2D eigenvalue weighted by Gasteiger charge is -2.30. The predicted octanol–water partition coefficient (Wildman–Crippen LogP) is 1.42. The molecule has 0 bridgehead atoms. The number of benzene rings is 1. The summed E-state index contributed by atoms with van der Waals surface area (Å²) in [4.78, 5) is 2.25. The Hall–Kier alpha value is -1.30. The number of morpholine rings is 1. The number of hydrogen-bond acceptors (Lipinski definition) is 5. The van der Waals surface area contributed by atoms with E-state index < -0.39 is 0 Å². The molecule has 0 radical (unpaired) electrons. The third-order valence-electron chi connectivity index (χ3n) is 3.48. The van der Waals surface area contributed by atoms with E-state index in [9.17, 15) is 0 Å². The van der Waals surface area contributed by atoms with Crippen LogP contribution in [0.4, 0.5) is 0 Å². The molecule has 0 spiro atoms. The second-order valence-electron chi connectivity index (χ2n) is 5.26. The lowest BCUT2D eigenvalue weighted by Crippen LogP contribution is -2.42. The number of hydrogen-bond donors (Lipinski definition) is 1. The minimum absolute atomic E-state index is 0.0779. The van der Waals surface area contributed by atoms with Gasteiger partial charge in [0.15, 0.2) is 0 Å². The summed E-state index contributed by atoms with van der Waals surface area (Å²) in [6.07, 6.45) is 0.0980. The summed E-state index contributed by atoms with van der Waals surface area (Å²) in [5.41, 5.74) is 6.96. The Morgan fingerprint density at radius 1 is 1.50 bits per heavy atom. The van der Waals surface area contributed by atoms with Gasteiger partial charge in [0.05, 0.1) is 13.7 Å². The van der Waals surface area contributed by atoms with Crippen molar-refractivity contribution in [3.8, 4) is 11.5 Å². The highest BCUT2D eigenvalue weighted by molar-refractivity contribution is 5.42. The van der Waals surface area contributed by atoms with Crippen molar-refractivity contribution in [1.29, 1.82) is 0 Å². The van der Waals surface area contributed by atoms with E-state index in [0.29, 0.717) is 6.61 Å². The van der Waals surface area contributed by atoms with E-state index in [0.717, 1.165) is 36.8 Å². The minimum Gasteiger partial charge on any atom is -0.497 e. The molecular weight excluding hydrogens is 256 g/mol. The molecule has 1 saturated heterocycles. The van der Waals surface area contributed by atoms with Gasteiger partial charge in [-0.3, -0.25) is 0 Å². The molecule has 2 rings (SSSR count). The average Bonchev–Trinajstić information content (AvgIpc) is 2.44. The largest absolute Gasteiger partial charge is 0.497 e. The Morgan fingerprint density at radius 2 is 2.30 bits per heavy atom. The highest BCUT2D eigenvalue weighted by Gasteiger charge is 2.19. The van der Waals surface area contributed by atoms with Gasteiger partial charge < -0.3 is 24.8 Å². The lowest BCUT2D eigenvalue weighted by molar-refractivity contribution is -0.0405. The number of nitrogens with zero attached hydrogens (tertiary/aromatic N) is 1. The van der Waals surface area contributed by atoms with Crippen molar-refractivity contribution in [3.63, 3.8) is 0 Å². The first-order valence-corrected chi connectivity index (χ1v) is 6.96. The predicted molar refractivity (Wildman–Crippen MR) is 78.3 cm³/mol. The fourth-order valence-electron chi connectivity index (χ4n) is 2.29. The summed E-state index contributed by atoms with van der Waals surface area (Å²) in [6.45, 7) is 5.08. The van der Waals surface area contributed by atoms with E-state index >= 15 is 0 Å². The SMILES string of the molecule is COc1ccc(C(C)N)c(OCC2CN(C)CCO2)c1. The molecule has 0 amide bonds. The van der Waals surface area contributed by atoms with E-state index in [4.69, 9.17) is 19.9 Å². The molecule has 1 aliphatic heterocycles. The van der Waals surface area contributed by atoms with Crippen LogP contribution in [0, 0.1) is 0 Å². The maximum Gasteiger partial charge on any atom is 0.127 e. The van der Waals surface area contributed by atoms with Crippen molar-refractivity contribution in [2.75, 3.05) is 40.5 Å². The van der Waals surface area contributed by atoms with Gasteiger partial charge in [0.25, 0.3) is 0 Å². The Kier molecular flexibility index (Phi) is 5.23. The van der Waals surface area contributed by atoms with E-state index in [2.05, 4.69) is 11.9 Å². The van der Waals surface area contributed by atoms with Crippen LogP contribution < -0.4 is 15.2 Å². The van der Waals surface area contributed by atoms with E-state index in [1.807, 2.05) is 25.1 Å². The van der Waals surface area contributed by atoms with Gasteiger partial charge in [-0.15, -0.1) is 0 Å². The van der Waals surface area contributed by atoms with Gasteiger partial charge in [-0.05, 0) is 20.0 Å². The van der Waals surface area contributed by atoms with Crippen LogP contribution in [0.1, 0.15) is 18.5 Å². The molecule has 2 atom stereocenters. The minimum atomic E-state index is -0.0779. The topological polar surface area (TPSA) is 57.0 Å². The Labute approximate surface area is 120 Å². The third kappa shape index (κ3) is 3.85. The number of likely N-dealkylation sites (N-methyl/N-ethyl adjacent to an activating group) is 1. The fourth-order valence-corrected chi connectivity index (χ4v) is 2.29. The summed E-state index contributed by atoms with van der Waals surface area (Å²) in [7, 11) is 3.73. The van der Waals surface area contributed by atoms with Crippen LogP contribution in [0.2, 0.25) is 0 Å². The molecule has 20 heavy (non-hydrogen) atoms. The molecule has 0 aliphatic carbocycles. The van der Waals surface area contributed by atoms with Gasteiger partial charge in [-0.2, -0.15) is 0 Å².